The van der Waals surface area contributed by atoms with E-state index in [9.17, 15) is 18.4 Å². The van der Waals surface area contributed by atoms with Gasteiger partial charge in [0.25, 0.3) is 11.8 Å². The standard InChI is InChI=1S/C27H23ClF2N4O2S/c28-19-2-1-3-20(30)24(19)27(36)33-9-6-15(7-10-33)25-32-23(14-37-25)26(35)34-11-8-22-18(13-34)17-12-16(29)4-5-21(17)31-22/h1-5,12,14-15,31H,6-11,13H2. The van der Waals surface area contributed by atoms with Crippen molar-refractivity contribution in [3.63, 3.8) is 0 Å². The summed E-state index contributed by atoms with van der Waals surface area (Å²) in [5.74, 6) is -1.34. The van der Waals surface area contributed by atoms with Gasteiger partial charge in [-0.05, 0) is 43.2 Å². The van der Waals surface area contributed by atoms with Crippen molar-refractivity contribution in [1.82, 2.24) is 19.8 Å². The van der Waals surface area contributed by atoms with E-state index in [0.717, 1.165) is 27.2 Å². The van der Waals surface area contributed by atoms with Crippen LogP contribution in [0.25, 0.3) is 10.9 Å². The third-order valence-electron chi connectivity index (χ3n) is 7.27. The zero-order valence-corrected chi connectivity index (χ0v) is 21.3. The fourth-order valence-electron chi connectivity index (χ4n) is 5.28. The molecular formula is C27H23ClF2N4O2S. The van der Waals surface area contributed by atoms with Crippen LogP contribution in [0.1, 0.15) is 55.9 Å². The van der Waals surface area contributed by atoms with Crippen molar-refractivity contribution < 1.29 is 18.4 Å². The minimum Gasteiger partial charge on any atom is -0.358 e. The van der Waals surface area contributed by atoms with Gasteiger partial charge in [0.15, 0.2) is 0 Å². The Kier molecular flexibility index (Phi) is 6.20. The van der Waals surface area contributed by atoms with Crippen LogP contribution in [0.4, 0.5) is 8.78 Å². The molecule has 37 heavy (non-hydrogen) atoms. The zero-order valence-electron chi connectivity index (χ0n) is 19.8. The number of likely N-dealkylation sites (tertiary alicyclic amines) is 1. The second-order valence-electron chi connectivity index (χ2n) is 9.48. The average Bonchev–Trinajstić information content (AvgIpc) is 3.53. The first-order chi connectivity index (χ1) is 17.9. The number of hydrogen-bond acceptors (Lipinski definition) is 4. The molecule has 4 heterocycles. The maximum Gasteiger partial charge on any atom is 0.273 e. The van der Waals surface area contributed by atoms with Crippen LogP contribution < -0.4 is 0 Å². The highest BCUT2D eigenvalue weighted by atomic mass is 35.5. The Hall–Kier alpha value is -3.30. The molecule has 190 valence electrons. The monoisotopic (exact) mass is 540 g/mol. The van der Waals surface area contributed by atoms with E-state index in [0.29, 0.717) is 51.1 Å². The maximum absolute atomic E-state index is 14.2. The lowest BCUT2D eigenvalue weighted by atomic mass is 9.97. The second-order valence-corrected chi connectivity index (χ2v) is 10.8. The fourth-order valence-corrected chi connectivity index (χ4v) is 6.49. The van der Waals surface area contributed by atoms with E-state index >= 15 is 0 Å². The summed E-state index contributed by atoms with van der Waals surface area (Å²) in [4.78, 5) is 37.5. The Morgan fingerprint density at radius 1 is 1.05 bits per heavy atom. The normalized spacial score (nSPS) is 16.3. The Balaban J connectivity index is 1.12. The van der Waals surface area contributed by atoms with E-state index in [-0.39, 0.29) is 28.2 Å². The van der Waals surface area contributed by atoms with Crippen molar-refractivity contribution in [2.75, 3.05) is 19.6 Å². The number of hydrogen-bond donors (Lipinski definition) is 1. The van der Waals surface area contributed by atoms with E-state index in [1.807, 2.05) is 0 Å². The highest BCUT2D eigenvalue weighted by Crippen LogP contribution is 2.33. The number of piperidine rings is 1. The number of benzene rings is 2. The van der Waals surface area contributed by atoms with Crippen LogP contribution in [0.3, 0.4) is 0 Å². The largest absolute Gasteiger partial charge is 0.358 e. The molecule has 1 fully saturated rings. The lowest BCUT2D eigenvalue weighted by molar-refractivity contribution is 0.0708. The number of H-pyrrole nitrogens is 1. The SMILES string of the molecule is O=C(c1csc(C2CCN(C(=O)c3c(F)cccc3Cl)CC2)n1)N1CCc2[nH]c3ccc(F)cc3c2C1. The Labute approximate surface area is 220 Å². The molecule has 4 aromatic rings. The van der Waals surface area contributed by atoms with Crippen LogP contribution >= 0.6 is 22.9 Å². The van der Waals surface area contributed by atoms with Gasteiger partial charge in [0.2, 0.25) is 0 Å². The molecular weight excluding hydrogens is 518 g/mol. The van der Waals surface area contributed by atoms with E-state index in [2.05, 4.69) is 9.97 Å². The second kappa shape index (κ2) is 9.54. The van der Waals surface area contributed by atoms with Gasteiger partial charge in [-0.25, -0.2) is 13.8 Å². The van der Waals surface area contributed by atoms with Crippen molar-refractivity contribution in [2.24, 2.45) is 0 Å². The molecule has 0 unspecified atom stereocenters. The maximum atomic E-state index is 14.2. The van der Waals surface area contributed by atoms with Gasteiger partial charge < -0.3 is 14.8 Å². The summed E-state index contributed by atoms with van der Waals surface area (Å²) in [6.07, 6.45) is 2.02. The number of carbonyl (C=O) groups is 2. The Morgan fingerprint density at radius 2 is 1.86 bits per heavy atom. The van der Waals surface area contributed by atoms with Gasteiger partial charge >= 0.3 is 0 Å². The molecule has 2 aromatic carbocycles. The molecule has 0 radical (unpaired) electrons. The van der Waals surface area contributed by atoms with Crippen LogP contribution in [-0.2, 0) is 13.0 Å². The van der Waals surface area contributed by atoms with Crippen molar-refractivity contribution in [2.45, 2.75) is 31.7 Å². The third-order valence-corrected chi connectivity index (χ3v) is 8.60. The summed E-state index contributed by atoms with van der Waals surface area (Å²) in [6.45, 7) is 1.89. The molecule has 0 aliphatic carbocycles. The topological polar surface area (TPSA) is 69.3 Å². The number of aromatic amines is 1. The smallest absolute Gasteiger partial charge is 0.273 e. The van der Waals surface area contributed by atoms with Gasteiger partial charge in [0.05, 0.1) is 15.6 Å². The van der Waals surface area contributed by atoms with Gasteiger partial charge in [0, 0.05) is 66.1 Å². The molecule has 2 aliphatic heterocycles. The molecule has 2 aromatic heterocycles. The van der Waals surface area contributed by atoms with Crippen LogP contribution in [0, 0.1) is 11.6 Å². The number of aromatic nitrogens is 2. The quantitative estimate of drug-likeness (QED) is 0.358. The number of nitrogens with one attached hydrogen (secondary N) is 1. The van der Waals surface area contributed by atoms with Crippen molar-refractivity contribution >= 4 is 45.7 Å². The summed E-state index contributed by atoms with van der Waals surface area (Å²) in [6, 6.07) is 8.89. The molecule has 2 aliphatic rings. The van der Waals surface area contributed by atoms with E-state index in [4.69, 9.17) is 11.6 Å². The highest BCUT2D eigenvalue weighted by Gasteiger charge is 2.30. The number of fused-ring (bicyclic) bond motifs is 3. The van der Waals surface area contributed by atoms with Gasteiger partial charge in [-0.1, -0.05) is 17.7 Å². The van der Waals surface area contributed by atoms with Crippen LogP contribution in [-0.4, -0.2) is 51.2 Å². The summed E-state index contributed by atoms with van der Waals surface area (Å²) in [5, 5.41) is 3.58. The lowest BCUT2D eigenvalue weighted by Gasteiger charge is -2.31. The summed E-state index contributed by atoms with van der Waals surface area (Å²) >= 11 is 7.52. The average molecular weight is 541 g/mol. The van der Waals surface area contributed by atoms with E-state index in [1.54, 1.807) is 21.2 Å². The lowest BCUT2D eigenvalue weighted by Crippen LogP contribution is -2.38. The molecule has 6 nitrogen and oxygen atoms in total. The number of rotatable bonds is 3. The molecule has 0 spiro atoms. The number of carbonyl (C=O) groups excluding carboxylic acids is 2. The number of thiazole rings is 1. The molecule has 0 atom stereocenters. The third kappa shape index (κ3) is 4.40. The van der Waals surface area contributed by atoms with Crippen molar-refractivity contribution in [1.29, 1.82) is 0 Å². The molecule has 1 saturated heterocycles. The summed E-state index contributed by atoms with van der Waals surface area (Å²) in [7, 11) is 0. The summed E-state index contributed by atoms with van der Waals surface area (Å²) in [5.41, 5.74) is 3.19. The summed E-state index contributed by atoms with van der Waals surface area (Å²) < 4.78 is 28.0. The highest BCUT2D eigenvalue weighted by molar-refractivity contribution is 7.09. The van der Waals surface area contributed by atoms with Gasteiger partial charge in [-0.3, -0.25) is 9.59 Å². The number of halogens is 3. The first kappa shape index (κ1) is 24.1. The molecule has 0 bridgehead atoms. The van der Waals surface area contributed by atoms with E-state index < -0.39 is 11.7 Å². The number of amides is 2. The molecule has 6 rings (SSSR count). The predicted molar refractivity (Wildman–Crippen MR) is 138 cm³/mol. The van der Waals surface area contributed by atoms with Crippen LogP contribution in [0.5, 0.6) is 0 Å². The first-order valence-electron chi connectivity index (χ1n) is 12.2. The zero-order chi connectivity index (χ0) is 25.7. The first-order valence-corrected chi connectivity index (χ1v) is 13.4. The molecule has 0 saturated carbocycles. The Bertz CT molecular complexity index is 1510. The Morgan fingerprint density at radius 3 is 2.65 bits per heavy atom. The van der Waals surface area contributed by atoms with Gasteiger partial charge in [-0.2, -0.15) is 0 Å². The minimum atomic E-state index is -0.620. The molecule has 1 N–H and O–H groups in total. The van der Waals surface area contributed by atoms with Crippen LogP contribution in [0.2, 0.25) is 5.02 Å². The van der Waals surface area contributed by atoms with Gasteiger partial charge in [-0.15, -0.1) is 11.3 Å². The van der Waals surface area contributed by atoms with E-state index in [1.165, 1.54) is 41.7 Å². The number of nitrogens with zero attached hydrogens (tertiary/aromatic N) is 3. The van der Waals surface area contributed by atoms with Crippen molar-refractivity contribution in [3.05, 3.63) is 86.0 Å². The molecule has 10 heteroatoms. The van der Waals surface area contributed by atoms with Crippen molar-refractivity contribution in [3.8, 4) is 0 Å². The predicted octanol–water partition coefficient (Wildman–Crippen LogP) is 5.77. The van der Waals surface area contributed by atoms with Crippen LogP contribution in [0.15, 0.2) is 41.8 Å². The fraction of sp³-hybridized carbons (Fsp3) is 0.296. The molecule has 2 amide bonds. The minimum absolute atomic E-state index is 0.0904. The van der Waals surface area contributed by atoms with Gasteiger partial charge in [0.1, 0.15) is 17.3 Å².